The van der Waals surface area contributed by atoms with E-state index < -0.39 is 0 Å². The minimum Gasteiger partial charge on any atom is -0.339 e. The molecule has 1 aliphatic heterocycles. The van der Waals surface area contributed by atoms with Crippen LogP contribution in [0.5, 0.6) is 0 Å². The van der Waals surface area contributed by atoms with Gasteiger partial charge in [-0.3, -0.25) is 4.79 Å². The first-order chi connectivity index (χ1) is 14.2. The first-order valence-corrected chi connectivity index (χ1v) is 9.96. The van der Waals surface area contributed by atoms with Crippen LogP contribution in [0.3, 0.4) is 0 Å². The van der Waals surface area contributed by atoms with Crippen molar-refractivity contribution >= 4 is 17.4 Å². The second-order valence-electron chi connectivity index (χ2n) is 7.19. The zero-order valence-electron chi connectivity index (χ0n) is 16.1. The van der Waals surface area contributed by atoms with Gasteiger partial charge in [-0.1, -0.05) is 25.0 Å². The fourth-order valence-electron chi connectivity index (χ4n) is 3.51. The van der Waals surface area contributed by atoms with E-state index in [4.69, 9.17) is 0 Å². The van der Waals surface area contributed by atoms with Crippen molar-refractivity contribution < 1.29 is 9.18 Å². The summed E-state index contributed by atoms with van der Waals surface area (Å²) in [7, 11) is 0. The smallest absolute Gasteiger partial charge is 0.253 e. The number of carbonyl (C=O) groups excluding carboxylic acids is 1. The van der Waals surface area contributed by atoms with Gasteiger partial charge in [-0.2, -0.15) is 0 Å². The average Bonchev–Trinajstić information content (AvgIpc) is 3.04. The molecule has 1 fully saturated rings. The molecule has 0 spiro atoms. The van der Waals surface area contributed by atoms with Gasteiger partial charge >= 0.3 is 0 Å². The van der Waals surface area contributed by atoms with Crippen molar-refractivity contribution in [3.63, 3.8) is 0 Å². The third-order valence-corrected chi connectivity index (χ3v) is 5.11. The third-order valence-electron chi connectivity index (χ3n) is 5.11. The molecule has 148 valence electrons. The fraction of sp³-hybridized carbons (Fsp3) is 0.261. The average molecular weight is 390 g/mol. The molecular weight excluding hydrogens is 367 g/mol. The molecule has 0 atom stereocenters. The second-order valence-corrected chi connectivity index (χ2v) is 7.19. The number of hydrogen-bond acceptors (Lipinski definition) is 4. The number of hydrogen-bond donors (Lipinski definition) is 1. The van der Waals surface area contributed by atoms with E-state index in [0.29, 0.717) is 22.6 Å². The van der Waals surface area contributed by atoms with E-state index >= 15 is 0 Å². The number of nitrogens with one attached hydrogen (secondary N) is 1. The van der Waals surface area contributed by atoms with E-state index in [-0.39, 0.29) is 11.7 Å². The minimum absolute atomic E-state index is 0.0903. The van der Waals surface area contributed by atoms with E-state index in [1.165, 1.54) is 18.9 Å². The molecule has 0 unspecified atom stereocenters. The van der Waals surface area contributed by atoms with Crippen molar-refractivity contribution in [3.05, 3.63) is 72.0 Å². The van der Waals surface area contributed by atoms with Gasteiger partial charge in [-0.05, 0) is 61.4 Å². The fourth-order valence-corrected chi connectivity index (χ4v) is 3.51. The summed E-state index contributed by atoms with van der Waals surface area (Å²) >= 11 is 0. The van der Waals surface area contributed by atoms with Gasteiger partial charge in [-0.25, -0.2) is 4.39 Å². The molecule has 2 aromatic carbocycles. The van der Waals surface area contributed by atoms with Crippen molar-refractivity contribution in [2.24, 2.45) is 0 Å². The number of likely N-dealkylation sites (tertiary alicyclic amines) is 1. The quantitative estimate of drug-likeness (QED) is 0.678. The maximum atomic E-state index is 13.9. The van der Waals surface area contributed by atoms with E-state index in [0.717, 1.165) is 31.6 Å². The van der Waals surface area contributed by atoms with E-state index in [9.17, 15) is 9.18 Å². The Labute approximate surface area is 169 Å². The first kappa shape index (κ1) is 19.1. The highest BCUT2D eigenvalue weighted by atomic mass is 19.1. The molecule has 0 saturated carbocycles. The Morgan fingerprint density at radius 1 is 0.862 bits per heavy atom. The van der Waals surface area contributed by atoms with Crippen LogP contribution >= 0.6 is 0 Å². The Hall–Kier alpha value is -3.28. The number of nitrogens with zero attached hydrogens (tertiary/aromatic N) is 3. The number of carbonyl (C=O) groups is 1. The highest BCUT2D eigenvalue weighted by Gasteiger charge is 2.17. The number of benzene rings is 2. The Bertz CT molecular complexity index is 965. The summed E-state index contributed by atoms with van der Waals surface area (Å²) in [5, 5.41) is 11.4. The van der Waals surface area contributed by atoms with Crippen molar-refractivity contribution in [2.75, 3.05) is 18.4 Å². The Balaban J connectivity index is 1.42. The van der Waals surface area contributed by atoms with Crippen LogP contribution in [0.15, 0.2) is 60.7 Å². The summed E-state index contributed by atoms with van der Waals surface area (Å²) in [6.07, 6.45) is 4.55. The van der Waals surface area contributed by atoms with Crippen molar-refractivity contribution in [3.8, 4) is 11.3 Å². The standard InChI is InChI=1S/C23H23FN4O/c24-20-8-4-3-7-19(20)21-13-14-22(27-26-21)25-18-11-9-17(10-12-18)23(29)28-15-5-1-2-6-16-28/h3-4,7-14H,1-2,5-6,15-16H2,(H,25,27). The van der Waals surface area contributed by atoms with Crippen LogP contribution in [0, 0.1) is 5.82 Å². The van der Waals surface area contributed by atoms with Gasteiger partial charge in [0.1, 0.15) is 5.82 Å². The molecule has 29 heavy (non-hydrogen) atoms. The van der Waals surface area contributed by atoms with Gasteiger partial charge < -0.3 is 10.2 Å². The number of aromatic nitrogens is 2. The maximum Gasteiger partial charge on any atom is 0.253 e. The monoisotopic (exact) mass is 390 g/mol. The summed E-state index contributed by atoms with van der Waals surface area (Å²) in [6, 6.07) is 17.3. The summed E-state index contributed by atoms with van der Waals surface area (Å²) in [6.45, 7) is 1.67. The number of rotatable bonds is 4. The van der Waals surface area contributed by atoms with Gasteiger partial charge in [0.05, 0.1) is 5.69 Å². The molecule has 1 amide bonds. The predicted molar refractivity (Wildman–Crippen MR) is 112 cm³/mol. The number of amides is 1. The third kappa shape index (κ3) is 4.59. The van der Waals surface area contributed by atoms with Crippen LogP contribution in [-0.2, 0) is 0 Å². The normalized spacial score (nSPS) is 14.3. The SMILES string of the molecule is O=C(c1ccc(Nc2ccc(-c3ccccc3F)nn2)cc1)N1CCCCCC1. The van der Waals surface area contributed by atoms with Crippen LogP contribution in [-0.4, -0.2) is 34.1 Å². The van der Waals surface area contributed by atoms with Crippen LogP contribution in [0.2, 0.25) is 0 Å². The van der Waals surface area contributed by atoms with Crippen LogP contribution in [0.25, 0.3) is 11.3 Å². The largest absolute Gasteiger partial charge is 0.339 e. The van der Waals surface area contributed by atoms with Crippen LogP contribution in [0.4, 0.5) is 15.9 Å². The molecule has 0 radical (unpaired) electrons. The molecule has 4 rings (SSSR count). The van der Waals surface area contributed by atoms with Crippen molar-refractivity contribution in [2.45, 2.75) is 25.7 Å². The van der Waals surface area contributed by atoms with Gasteiger partial charge in [0, 0.05) is 29.9 Å². The molecule has 1 N–H and O–H groups in total. The molecule has 0 aliphatic carbocycles. The van der Waals surface area contributed by atoms with Gasteiger partial charge in [-0.15, -0.1) is 10.2 Å². The lowest BCUT2D eigenvalue weighted by Crippen LogP contribution is -2.31. The Morgan fingerprint density at radius 2 is 1.59 bits per heavy atom. The van der Waals surface area contributed by atoms with Crippen LogP contribution < -0.4 is 5.32 Å². The Kier molecular flexibility index (Phi) is 5.79. The lowest BCUT2D eigenvalue weighted by Gasteiger charge is -2.20. The molecule has 1 saturated heterocycles. The summed E-state index contributed by atoms with van der Waals surface area (Å²) in [5.41, 5.74) is 2.40. The molecule has 0 bridgehead atoms. The van der Waals surface area contributed by atoms with E-state index in [1.807, 2.05) is 29.2 Å². The lowest BCUT2D eigenvalue weighted by atomic mass is 10.1. The zero-order valence-corrected chi connectivity index (χ0v) is 16.1. The first-order valence-electron chi connectivity index (χ1n) is 9.96. The molecule has 1 aliphatic rings. The molecule has 3 aromatic rings. The summed E-state index contributed by atoms with van der Waals surface area (Å²) in [5.74, 6) is 0.316. The number of halogens is 1. The van der Waals surface area contributed by atoms with Gasteiger partial charge in [0.25, 0.3) is 5.91 Å². The van der Waals surface area contributed by atoms with E-state index in [1.54, 1.807) is 30.3 Å². The predicted octanol–water partition coefficient (Wildman–Crippen LogP) is 5.04. The van der Waals surface area contributed by atoms with Crippen molar-refractivity contribution in [1.29, 1.82) is 0 Å². The maximum absolute atomic E-state index is 13.9. The second kappa shape index (κ2) is 8.82. The molecule has 1 aromatic heterocycles. The molecule has 2 heterocycles. The van der Waals surface area contributed by atoms with Gasteiger partial charge in [0.2, 0.25) is 0 Å². The molecule has 6 heteroatoms. The highest BCUT2D eigenvalue weighted by molar-refractivity contribution is 5.94. The summed E-state index contributed by atoms with van der Waals surface area (Å²) in [4.78, 5) is 14.6. The van der Waals surface area contributed by atoms with Crippen molar-refractivity contribution in [1.82, 2.24) is 15.1 Å². The van der Waals surface area contributed by atoms with Crippen LogP contribution in [0.1, 0.15) is 36.0 Å². The lowest BCUT2D eigenvalue weighted by molar-refractivity contribution is 0.0761. The molecule has 5 nitrogen and oxygen atoms in total. The Morgan fingerprint density at radius 3 is 2.24 bits per heavy atom. The van der Waals surface area contributed by atoms with Gasteiger partial charge in [0.15, 0.2) is 5.82 Å². The highest BCUT2D eigenvalue weighted by Crippen LogP contribution is 2.22. The zero-order chi connectivity index (χ0) is 20.1. The number of anilines is 2. The molecular formula is C23H23FN4O. The van der Waals surface area contributed by atoms with E-state index in [2.05, 4.69) is 15.5 Å². The minimum atomic E-state index is -0.327. The summed E-state index contributed by atoms with van der Waals surface area (Å²) < 4.78 is 13.9. The topological polar surface area (TPSA) is 58.1 Å².